The lowest BCUT2D eigenvalue weighted by atomic mass is 10.2. The minimum Gasteiger partial charge on any atom is -0.359 e. The Morgan fingerprint density at radius 3 is 2.72 bits per heavy atom. The van der Waals surface area contributed by atoms with E-state index in [1.807, 2.05) is 37.3 Å². The van der Waals surface area contributed by atoms with Crippen LogP contribution in [0.25, 0.3) is 16.6 Å². The number of hydrogen-bond acceptors (Lipinski definition) is 6. The molecule has 0 bridgehead atoms. The van der Waals surface area contributed by atoms with E-state index in [2.05, 4.69) is 21.4 Å². The van der Waals surface area contributed by atoms with Gasteiger partial charge in [-0.25, -0.2) is 15.0 Å². The van der Waals surface area contributed by atoms with Gasteiger partial charge >= 0.3 is 0 Å². The van der Waals surface area contributed by atoms with Crippen LogP contribution in [0.4, 0.5) is 5.82 Å². The predicted molar refractivity (Wildman–Crippen MR) is 111 cm³/mol. The van der Waals surface area contributed by atoms with Crippen LogP contribution in [0.15, 0.2) is 65.8 Å². The van der Waals surface area contributed by atoms with Crippen LogP contribution >= 0.6 is 11.6 Å². The van der Waals surface area contributed by atoms with Gasteiger partial charge in [-0.15, -0.1) is 0 Å². The number of para-hydroxylation sites is 1. The molecule has 0 amide bonds. The van der Waals surface area contributed by atoms with Crippen molar-refractivity contribution >= 4 is 28.3 Å². The lowest BCUT2D eigenvalue weighted by Crippen LogP contribution is -2.27. The van der Waals surface area contributed by atoms with E-state index >= 15 is 0 Å². The maximum atomic E-state index is 13.4. The van der Waals surface area contributed by atoms with E-state index in [4.69, 9.17) is 16.6 Å². The summed E-state index contributed by atoms with van der Waals surface area (Å²) in [6, 6.07) is 16.0. The van der Waals surface area contributed by atoms with Crippen molar-refractivity contribution in [2.24, 2.45) is 0 Å². The number of anilines is 1. The maximum Gasteiger partial charge on any atom is 0.267 e. The summed E-state index contributed by atoms with van der Waals surface area (Å²) in [6.07, 6.45) is 2.79. The Morgan fingerprint density at radius 2 is 1.97 bits per heavy atom. The minimum atomic E-state index is -0.437. The first-order valence-electron chi connectivity index (χ1n) is 8.83. The molecule has 0 aliphatic heterocycles. The third-order valence-corrected chi connectivity index (χ3v) is 4.78. The van der Waals surface area contributed by atoms with Crippen molar-refractivity contribution in [1.29, 1.82) is 5.26 Å². The molecule has 0 saturated heterocycles. The molecule has 4 rings (SSSR count). The van der Waals surface area contributed by atoms with Crippen molar-refractivity contribution in [2.75, 3.05) is 5.32 Å². The van der Waals surface area contributed by atoms with Gasteiger partial charge in [0.1, 0.15) is 29.6 Å². The second-order valence-electron chi connectivity index (χ2n) is 6.34. The van der Waals surface area contributed by atoms with Crippen molar-refractivity contribution in [3.05, 3.63) is 87.8 Å². The highest BCUT2D eigenvalue weighted by Crippen LogP contribution is 2.24. The van der Waals surface area contributed by atoms with Crippen molar-refractivity contribution in [3.8, 4) is 11.8 Å². The molecule has 0 unspecified atom stereocenters. The minimum absolute atomic E-state index is 0.265. The van der Waals surface area contributed by atoms with E-state index in [1.165, 1.54) is 17.1 Å². The first kappa shape index (κ1) is 18.6. The Balaban J connectivity index is 1.93. The number of nitrogens with zero attached hydrogens (tertiary/aromatic N) is 5. The normalized spacial score (nSPS) is 11.8. The van der Waals surface area contributed by atoms with Gasteiger partial charge in [0, 0.05) is 0 Å². The van der Waals surface area contributed by atoms with Gasteiger partial charge in [0.25, 0.3) is 5.56 Å². The molecule has 0 saturated carbocycles. The highest BCUT2D eigenvalue weighted by molar-refractivity contribution is 6.35. The Hall–Kier alpha value is -3.76. The molecular weight excluding hydrogens is 388 g/mol. The van der Waals surface area contributed by atoms with Gasteiger partial charge < -0.3 is 5.32 Å². The standard InChI is InChI=1S/C21H15ClN6O/c1-13(26-19-14(10-23)11-24-12-25-19)20-27-17-9-5-8-16(22)18(17)21(29)28(20)15-6-3-2-4-7-15/h2-9,11-13H,1H3,(H,24,25,26)/t13-/m0/s1. The SMILES string of the molecule is C[C@H](Nc1ncncc1C#N)c1nc2cccc(Cl)c2c(=O)n1-c1ccccc1. The monoisotopic (exact) mass is 402 g/mol. The predicted octanol–water partition coefficient (Wildman–Crippen LogP) is 3.87. The number of halogens is 1. The number of rotatable bonds is 4. The van der Waals surface area contributed by atoms with E-state index in [1.54, 1.807) is 18.2 Å². The van der Waals surface area contributed by atoms with Crippen molar-refractivity contribution < 1.29 is 0 Å². The zero-order chi connectivity index (χ0) is 20.4. The summed E-state index contributed by atoms with van der Waals surface area (Å²) >= 11 is 6.30. The van der Waals surface area contributed by atoms with Crippen LogP contribution in [0.2, 0.25) is 5.02 Å². The zero-order valence-corrected chi connectivity index (χ0v) is 16.1. The fraction of sp³-hybridized carbons (Fsp3) is 0.0952. The molecule has 0 aliphatic rings. The van der Waals surface area contributed by atoms with E-state index in [-0.39, 0.29) is 5.56 Å². The summed E-state index contributed by atoms with van der Waals surface area (Å²) in [4.78, 5) is 26.1. The Bertz CT molecular complexity index is 1300. The molecule has 0 spiro atoms. The molecule has 2 heterocycles. The van der Waals surface area contributed by atoms with E-state index < -0.39 is 6.04 Å². The lowest BCUT2D eigenvalue weighted by molar-refractivity contribution is 0.730. The quantitative estimate of drug-likeness (QED) is 0.556. The summed E-state index contributed by atoms with van der Waals surface area (Å²) < 4.78 is 1.53. The molecule has 0 aliphatic carbocycles. The van der Waals surface area contributed by atoms with Crippen LogP contribution in [0, 0.1) is 11.3 Å². The van der Waals surface area contributed by atoms with Crippen molar-refractivity contribution in [2.45, 2.75) is 13.0 Å². The number of nitriles is 1. The van der Waals surface area contributed by atoms with Crippen LogP contribution in [0.5, 0.6) is 0 Å². The number of hydrogen-bond donors (Lipinski definition) is 1. The number of aromatic nitrogens is 4. The topological polar surface area (TPSA) is 96.5 Å². The fourth-order valence-corrected chi connectivity index (χ4v) is 3.37. The first-order valence-corrected chi connectivity index (χ1v) is 9.21. The van der Waals surface area contributed by atoms with E-state index in [0.717, 1.165) is 0 Å². The largest absolute Gasteiger partial charge is 0.359 e. The van der Waals surface area contributed by atoms with Gasteiger partial charge in [-0.3, -0.25) is 9.36 Å². The van der Waals surface area contributed by atoms with Crippen LogP contribution in [-0.4, -0.2) is 19.5 Å². The van der Waals surface area contributed by atoms with Gasteiger partial charge in [0.15, 0.2) is 0 Å². The van der Waals surface area contributed by atoms with Crippen LogP contribution in [0.1, 0.15) is 24.4 Å². The number of benzene rings is 2. The molecule has 8 heteroatoms. The first-order chi connectivity index (χ1) is 14.1. The molecule has 7 nitrogen and oxygen atoms in total. The third-order valence-electron chi connectivity index (χ3n) is 4.46. The lowest BCUT2D eigenvalue weighted by Gasteiger charge is -2.20. The molecular formula is C21H15ClN6O. The summed E-state index contributed by atoms with van der Waals surface area (Å²) in [5, 5.41) is 13.2. The second kappa shape index (κ2) is 7.70. The summed E-state index contributed by atoms with van der Waals surface area (Å²) in [7, 11) is 0. The average molecular weight is 403 g/mol. The molecule has 29 heavy (non-hydrogen) atoms. The van der Waals surface area contributed by atoms with E-state index in [0.29, 0.717) is 38.8 Å². The maximum absolute atomic E-state index is 13.4. The van der Waals surface area contributed by atoms with Gasteiger partial charge in [-0.2, -0.15) is 5.26 Å². The third kappa shape index (κ3) is 3.42. The summed E-state index contributed by atoms with van der Waals surface area (Å²) in [6.45, 7) is 1.85. The van der Waals surface area contributed by atoms with Gasteiger partial charge in [-0.1, -0.05) is 35.9 Å². The smallest absolute Gasteiger partial charge is 0.267 e. The molecule has 0 radical (unpaired) electrons. The highest BCUT2D eigenvalue weighted by Gasteiger charge is 2.20. The fourth-order valence-electron chi connectivity index (χ4n) is 3.12. The van der Waals surface area contributed by atoms with Gasteiger partial charge in [0.2, 0.25) is 0 Å². The molecule has 2 aromatic carbocycles. The van der Waals surface area contributed by atoms with Crippen molar-refractivity contribution in [3.63, 3.8) is 0 Å². The molecule has 142 valence electrons. The highest BCUT2D eigenvalue weighted by atomic mass is 35.5. The zero-order valence-electron chi connectivity index (χ0n) is 15.4. The van der Waals surface area contributed by atoms with Crippen LogP contribution < -0.4 is 10.9 Å². The molecule has 4 aromatic rings. The molecule has 0 fully saturated rings. The average Bonchev–Trinajstić information content (AvgIpc) is 2.74. The second-order valence-corrected chi connectivity index (χ2v) is 6.75. The molecule has 1 N–H and O–H groups in total. The molecule has 1 atom stereocenters. The Kier molecular flexibility index (Phi) is 4.94. The van der Waals surface area contributed by atoms with Crippen molar-refractivity contribution in [1.82, 2.24) is 19.5 Å². The summed E-state index contributed by atoms with van der Waals surface area (Å²) in [5.41, 5.74) is 1.20. The molecule has 2 aromatic heterocycles. The van der Waals surface area contributed by atoms with Crippen LogP contribution in [-0.2, 0) is 0 Å². The van der Waals surface area contributed by atoms with Gasteiger partial charge in [0.05, 0.1) is 33.9 Å². The Labute approximate surface area is 171 Å². The Morgan fingerprint density at radius 1 is 1.17 bits per heavy atom. The summed E-state index contributed by atoms with van der Waals surface area (Å²) in [5.74, 6) is 0.841. The van der Waals surface area contributed by atoms with Crippen LogP contribution in [0.3, 0.4) is 0 Å². The number of nitrogens with one attached hydrogen (secondary N) is 1. The van der Waals surface area contributed by atoms with Gasteiger partial charge in [-0.05, 0) is 31.2 Å². The van der Waals surface area contributed by atoms with E-state index in [9.17, 15) is 10.1 Å². The number of fused-ring (bicyclic) bond motifs is 1.